The van der Waals surface area contributed by atoms with Crippen LogP contribution in [0.5, 0.6) is 0 Å². The lowest BCUT2D eigenvalue weighted by atomic mass is 9.98. The Labute approximate surface area is 143 Å². The van der Waals surface area contributed by atoms with Crippen LogP contribution in [0.15, 0.2) is 48.6 Å². The van der Waals surface area contributed by atoms with Gasteiger partial charge in [-0.25, -0.2) is 0 Å². The summed E-state index contributed by atoms with van der Waals surface area (Å²) in [5.74, 6) is 0.955. The van der Waals surface area contributed by atoms with Crippen LogP contribution >= 0.6 is 0 Å². The molecule has 0 amide bonds. The van der Waals surface area contributed by atoms with Gasteiger partial charge in [-0.3, -0.25) is 0 Å². The van der Waals surface area contributed by atoms with E-state index in [2.05, 4.69) is 53.3 Å². The quantitative estimate of drug-likeness (QED) is 0.326. The molecule has 0 aliphatic rings. The predicted octanol–water partition coefficient (Wildman–Crippen LogP) is 8.53. The number of hydrogen-bond donors (Lipinski definition) is 0. The van der Waals surface area contributed by atoms with Crippen LogP contribution in [0.2, 0.25) is 0 Å². The summed E-state index contributed by atoms with van der Waals surface area (Å²) in [4.78, 5) is 0. The standard InChI is InChI=1S/C10H20.C8H12.C3H8.CH4/c1-4-7-8-9-10(5-2)6-3;1-4-6-8(3)7-5-2;1-3-2;/h4,7,10H,5-6,8-9H2,1-3H3;4-7H,1H2,2-3H3;3H2,1-2H3;1H4/b7-4-;7-5-,8-6-;;. The summed E-state index contributed by atoms with van der Waals surface area (Å²) in [6, 6.07) is 0. The Bertz CT molecular complexity index is 262. The van der Waals surface area contributed by atoms with Crippen molar-refractivity contribution in [1.29, 1.82) is 0 Å². The summed E-state index contributed by atoms with van der Waals surface area (Å²) in [7, 11) is 0. The fourth-order valence-corrected chi connectivity index (χ4v) is 1.70. The average molecular weight is 309 g/mol. The molecule has 0 radical (unpaired) electrons. The molecule has 0 nitrogen and oxygen atoms in total. The van der Waals surface area contributed by atoms with E-state index in [1.165, 1.54) is 37.7 Å². The molecular formula is C22H44. The SMILES string of the molecule is C.C/C=C\CCC(CC)CC.C=C/C=C(C)\C=C/C.CCC. The minimum atomic E-state index is 0. The molecule has 0 N–H and O–H groups in total. The Kier molecular flexibility index (Phi) is 37.2. The van der Waals surface area contributed by atoms with Gasteiger partial charge in [0.2, 0.25) is 0 Å². The van der Waals surface area contributed by atoms with Gasteiger partial charge >= 0.3 is 0 Å². The second kappa shape index (κ2) is 28.2. The highest BCUT2D eigenvalue weighted by atomic mass is 14.1. The van der Waals surface area contributed by atoms with Gasteiger partial charge in [0.1, 0.15) is 0 Å². The second-order valence-corrected chi connectivity index (χ2v) is 5.18. The van der Waals surface area contributed by atoms with Crippen molar-refractivity contribution in [3.05, 3.63) is 48.6 Å². The van der Waals surface area contributed by atoms with E-state index in [4.69, 9.17) is 0 Å². The molecule has 0 fully saturated rings. The van der Waals surface area contributed by atoms with E-state index in [1.807, 2.05) is 32.1 Å². The van der Waals surface area contributed by atoms with Crippen molar-refractivity contribution in [2.75, 3.05) is 0 Å². The third-order valence-electron chi connectivity index (χ3n) is 2.94. The van der Waals surface area contributed by atoms with Crippen molar-refractivity contribution in [2.24, 2.45) is 5.92 Å². The van der Waals surface area contributed by atoms with Gasteiger partial charge in [-0.05, 0) is 39.5 Å². The number of hydrogen-bond acceptors (Lipinski definition) is 0. The monoisotopic (exact) mass is 308 g/mol. The topological polar surface area (TPSA) is 0 Å². The van der Waals surface area contributed by atoms with Crippen LogP contribution in [-0.4, -0.2) is 0 Å². The zero-order valence-corrected chi connectivity index (χ0v) is 15.8. The molecule has 0 heteroatoms. The predicted molar refractivity (Wildman–Crippen MR) is 110 cm³/mol. The summed E-state index contributed by atoms with van der Waals surface area (Å²) in [6.07, 6.45) is 18.8. The first-order chi connectivity index (χ1) is 10.1. The Hall–Kier alpha value is -1.04. The molecule has 0 unspecified atom stereocenters. The van der Waals surface area contributed by atoms with E-state index in [0.29, 0.717) is 0 Å². The molecule has 0 atom stereocenters. The minimum absolute atomic E-state index is 0. The molecule has 0 bridgehead atoms. The average Bonchev–Trinajstić information content (AvgIpc) is 2.46. The second-order valence-electron chi connectivity index (χ2n) is 5.18. The van der Waals surface area contributed by atoms with Crippen LogP contribution in [0.25, 0.3) is 0 Å². The van der Waals surface area contributed by atoms with Crippen LogP contribution in [-0.2, 0) is 0 Å². The van der Waals surface area contributed by atoms with Crippen molar-refractivity contribution in [3.8, 4) is 0 Å². The van der Waals surface area contributed by atoms with Gasteiger partial charge < -0.3 is 0 Å². The zero-order valence-electron chi connectivity index (χ0n) is 15.8. The van der Waals surface area contributed by atoms with E-state index in [0.717, 1.165) is 5.92 Å². The van der Waals surface area contributed by atoms with E-state index in [-0.39, 0.29) is 7.43 Å². The van der Waals surface area contributed by atoms with Gasteiger partial charge in [0.05, 0.1) is 0 Å². The van der Waals surface area contributed by atoms with E-state index in [9.17, 15) is 0 Å². The summed E-state index contributed by atoms with van der Waals surface area (Å²) < 4.78 is 0. The first-order valence-corrected chi connectivity index (χ1v) is 8.60. The lowest BCUT2D eigenvalue weighted by molar-refractivity contribution is 0.460. The third kappa shape index (κ3) is 31.4. The maximum atomic E-state index is 3.57. The summed E-state index contributed by atoms with van der Waals surface area (Å²) in [6.45, 7) is 18.5. The molecule has 0 rings (SSSR count). The van der Waals surface area contributed by atoms with Crippen LogP contribution in [0.3, 0.4) is 0 Å². The van der Waals surface area contributed by atoms with Gasteiger partial charge in [-0.15, -0.1) is 0 Å². The molecule has 0 saturated heterocycles. The fourth-order valence-electron chi connectivity index (χ4n) is 1.70. The normalized spacial score (nSPS) is 10.6. The molecule has 0 aliphatic carbocycles. The van der Waals surface area contributed by atoms with Crippen LogP contribution in [0, 0.1) is 5.92 Å². The molecule has 0 spiro atoms. The maximum Gasteiger partial charge on any atom is -0.0348 e. The lowest BCUT2D eigenvalue weighted by Crippen LogP contribution is -1.94. The largest absolute Gasteiger partial charge is 0.0991 e. The molecule has 0 heterocycles. The van der Waals surface area contributed by atoms with E-state index < -0.39 is 0 Å². The molecular weight excluding hydrogens is 264 g/mol. The molecule has 22 heavy (non-hydrogen) atoms. The van der Waals surface area contributed by atoms with Gasteiger partial charge in [0, 0.05) is 0 Å². The fraction of sp³-hybridized carbons (Fsp3) is 0.636. The van der Waals surface area contributed by atoms with Gasteiger partial charge in [-0.2, -0.15) is 0 Å². The molecule has 0 aromatic carbocycles. The van der Waals surface area contributed by atoms with Crippen molar-refractivity contribution < 1.29 is 0 Å². The summed E-state index contributed by atoms with van der Waals surface area (Å²) in [5, 5.41) is 0. The number of rotatable bonds is 7. The van der Waals surface area contributed by atoms with Gasteiger partial charge in [-0.1, -0.05) is 103 Å². The van der Waals surface area contributed by atoms with Crippen molar-refractivity contribution in [1.82, 2.24) is 0 Å². The number of allylic oxidation sites excluding steroid dienone is 7. The molecule has 0 aromatic heterocycles. The zero-order chi connectivity index (χ0) is 16.9. The van der Waals surface area contributed by atoms with Crippen molar-refractivity contribution in [3.63, 3.8) is 0 Å². The van der Waals surface area contributed by atoms with E-state index in [1.54, 1.807) is 6.08 Å². The highest BCUT2D eigenvalue weighted by Crippen LogP contribution is 2.14. The van der Waals surface area contributed by atoms with Crippen molar-refractivity contribution >= 4 is 0 Å². The van der Waals surface area contributed by atoms with E-state index >= 15 is 0 Å². The molecule has 0 saturated carbocycles. The Balaban J connectivity index is -0.000000122. The lowest BCUT2D eigenvalue weighted by Gasteiger charge is -2.08. The maximum absolute atomic E-state index is 3.57. The molecule has 132 valence electrons. The minimum Gasteiger partial charge on any atom is -0.0991 e. The molecule has 0 aliphatic heterocycles. The third-order valence-corrected chi connectivity index (χ3v) is 2.94. The van der Waals surface area contributed by atoms with Crippen LogP contribution in [0.4, 0.5) is 0 Å². The smallest absolute Gasteiger partial charge is 0.0348 e. The summed E-state index contributed by atoms with van der Waals surface area (Å²) >= 11 is 0. The highest BCUT2D eigenvalue weighted by Gasteiger charge is 1.99. The first-order valence-electron chi connectivity index (χ1n) is 8.60. The first kappa shape index (κ1) is 29.0. The Morgan fingerprint density at radius 2 is 1.50 bits per heavy atom. The highest BCUT2D eigenvalue weighted by molar-refractivity contribution is 5.19. The van der Waals surface area contributed by atoms with Crippen molar-refractivity contribution in [2.45, 2.75) is 88.0 Å². The Morgan fingerprint density at radius 3 is 1.82 bits per heavy atom. The van der Waals surface area contributed by atoms with Crippen LogP contribution < -0.4 is 0 Å². The summed E-state index contributed by atoms with van der Waals surface area (Å²) in [5.41, 5.74) is 1.24. The molecule has 0 aromatic rings. The van der Waals surface area contributed by atoms with Crippen LogP contribution in [0.1, 0.15) is 88.0 Å². The van der Waals surface area contributed by atoms with Gasteiger partial charge in [0.25, 0.3) is 0 Å². The van der Waals surface area contributed by atoms with Gasteiger partial charge in [0.15, 0.2) is 0 Å². The Morgan fingerprint density at radius 1 is 1.00 bits per heavy atom.